The van der Waals surface area contributed by atoms with Crippen molar-refractivity contribution in [1.82, 2.24) is 4.57 Å². The zero-order chi connectivity index (χ0) is 32.3. The molecule has 0 amide bonds. The number of nitrogens with zero attached hydrogens (tertiary/aromatic N) is 1. The van der Waals surface area contributed by atoms with Gasteiger partial charge in [-0.15, -0.1) is 0 Å². The fourth-order valence-electron chi connectivity index (χ4n) is 8.00. The minimum atomic E-state index is 1.17. The van der Waals surface area contributed by atoms with Crippen molar-refractivity contribution in [3.8, 4) is 72.6 Å². The summed E-state index contributed by atoms with van der Waals surface area (Å²) in [5.41, 5.74) is 17.6. The highest BCUT2D eigenvalue weighted by atomic mass is 15.0. The number of hydrogen-bond donors (Lipinski definition) is 0. The molecule has 228 valence electrons. The molecule has 0 aliphatic heterocycles. The summed E-state index contributed by atoms with van der Waals surface area (Å²) in [6.45, 7) is 0. The number of rotatable bonds is 5. The highest BCUT2D eigenvalue weighted by molar-refractivity contribution is 6.23. The van der Waals surface area contributed by atoms with Crippen LogP contribution in [-0.2, 0) is 0 Å². The van der Waals surface area contributed by atoms with Crippen LogP contribution >= 0.6 is 0 Å². The summed E-state index contributed by atoms with van der Waals surface area (Å²) in [5.74, 6) is 0. The summed E-state index contributed by atoms with van der Waals surface area (Å²) in [4.78, 5) is 0. The summed E-state index contributed by atoms with van der Waals surface area (Å²) in [5, 5.41) is 3.86. The Bertz CT molecular complexity index is 2590. The second-order valence-electron chi connectivity index (χ2n) is 12.9. The van der Waals surface area contributed by atoms with Gasteiger partial charge in [0.1, 0.15) is 0 Å². The molecule has 9 aromatic rings. The lowest BCUT2D eigenvalue weighted by Gasteiger charge is -2.15. The van der Waals surface area contributed by atoms with E-state index in [9.17, 15) is 0 Å². The lowest BCUT2D eigenvalue weighted by atomic mass is 9.88. The Labute approximate surface area is 286 Å². The van der Waals surface area contributed by atoms with Gasteiger partial charge in [-0.3, -0.25) is 0 Å². The summed E-state index contributed by atoms with van der Waals surface area (Å²) >= 11 is 0. The van der Waals surface area contributed by atoms with Crippen LogP contribution in [-0.4, -0.2) is 4.57 Å². The van der Waals surface area contributed by atoms with E-state index in [2.05, 4.69) is 193 Å². The number of para-hydroxylation sites is 2. The Hall–Kier alpha value is -6.44. The van der Waals surface area contributed by atoms with E-state index in [1.165, 1.54) is 94.3 Å². The van der Waals surface area contributed by atoms with Crippen molar-refractivity contribution in [3.63, 3.8) is 0 Å². The quantitative estimate of drug-likeness (QED) is 0.180. The van der Waals surface area contributed by atoms with E-state index in [0.717, 1.165) is 0 Å². The van der Waals surface area contributed by atoms with Gasteiger partial charge < -0.3 is 4.57 Å². The van der Waals surface area contributed by atoms with Gasteiger partial charge in [0.25, 0.3) is 0 Å². The third-order valence-electron chi connectivity index (χ3n) is 10.2. The third-order valence-corrected chi connectivity index (χ3v) is 10.2. The zero-order valence-electron chi connectivity index (χ0n) is 26.8. The number of benzene rings is 8. The van der Waals surface area contributed by atoms with Gasteiger partial charge in [0.05, 0.1) is 11.2 Å². The van der Waals surface area contributed by atoms with Gasteiger partial charge >= 0.3 is 0 Å². The molecular weight excluding hydrogens is 591 g/mol. The van der Waals surface area contributed by atoms with Crippen molar-refractivity contribution < 1.29 is 0 Å². The van der Waals surface area contributed by atoms with Crippen LogP contribution in [0.5, 0.6) is 0 Å². The maximum absolute atomic E-state index is 2.37. The normalized spacial score (nSPS) is 11.7. The summed E-state index contributed by atoms with van der Waals surface area (Å²) < 4.78 is 2.37. The van der Waals surface area contributed by atoms with Gasteiger partial charge in [0, 0.05) is 11.1 Å². The summed E-state index contributed by atoms with van der Waals surface area (Å²) in [7, 11) is 0. The van der Waals surface area contributed by atoms with Crippen molar-refractivity contribution in [1.29, 1.82) is 0 Å². The minimum absolute atomic E-state index is 1.17. The average molecular weight is 622 g/mol. The molecule has 8 aromatic carbocycles. The molecule has 1 aliphatic rings. The molecule has 0 spiro atoms. The van der Waals surface area contributed by atoms with Crippen LogP contribution in [0.2, 0.25) is 0 Å². The molecule has 1 heterocycles. The van der Waals surface area contributed by atoms with E-state index in [0.29, 0.717) is 0 Å². The van der Waals surface area contributed by atoms with Crippen molar-refractivity contribution in [2.24, 2.45) is 0 Å². The van der Waals surface area contributed by atoms with E-state index in [4.69, 9.17) is 0 Å². The van der Waals surface area contributed by atoms with Gasteiger partial charge in [0.2, 0.25) is 0 Å². The molecule has 0 saturated carbocycles. The van der Waals surface area contributed by atoms with E-state index in [-0.39, 0.29) is 0 Å². The van der Waals surface area contributed by atoms with Gasteiger partial charge in [-0.25, -0.2) is 0 Å². The number of hydrogen-bond acceptors (Lipinski definition) is 0. The second-order valence-corrected chi connectivity index (χ2v) is 12.9. The number of fused-ring (bicyclic) bond motifs is 4. The summed E-state index contributed by atoms with van der Waals surface area (Å²) in [6.07, 6.45) is 0. The van der Waals surface area contributed by atoms with Gasteiger partial charge in [-0.2, -0.15) is 0 Å². The molecule has 1 nitrogen and oxygen atoms in total. The van der Waals surface area contributed by atoms with Crippen LogP contribution in [0, 0.1) is 0 Å². The van der Waals surface area contributed by atoms with Crippen molar-refractivity contribution in [3.05, 3.63) is 188 Å². The maximum atomic E-state index is 2.37. The van der Waals surface area contributed by atoms with Crippen molar-refractivity contribution >= 4 is 21.7 Å². The minimum Gasteiger partial charge on any atom is -0.309 e. The molecule has 0 radical (unpaired) electrons. The maximum Gasteiger partial charge on any atom is 0.0540 e. The Morgan fingerprint density at radius 2 is 0.837 bits per heavy atom. The smallest absolute Gasteiger partial charge is 0.0540 e. The Morgan fingerprint density at radius 3 is 1.51 bits per heavy atom. The molecule has 49 heavy (non-hydrogen) atoms. The van der Waals surface area contributed by atoms with Crippen molar-refractivity contribution in [2.45, 2.75) is 0 Å². The van der Waals surface area contributed by atoms with Crippen LogP contribution < -0.4 is 0 Å². The van der Waals surface area contributed by atoms with Crippen LogP contribution in [0.4, 0.5) is 0 Å². The largest absolute Gasteiger partial charge is 0.309 e. The fourth-order valence-corrected chi connectivity index (χ4v) is 8.00. The Balaban J connectivity index is 1.14. The standard InChI is InChI=1S/C48H31N/c1-4-13-32(14-5-1)39-28-29-40(33-15-6-2-7-16-33)48-43-30-27-38(41-20-12-21-42(46(41)43)47(39)48)34-23-25-35(26-24-34)45-31-36-17-10-11-22-44(36)49(45)37-18-8-3-9-19-37/h1-31H. The lowest BCUT2D eigenvalue weighted by Crippen LogP contribution is -1.96. The topological polar surface area (TPSA) is 4.93 Å². The molecule has 0 atom stereocenters. The van der Waals surface area contributed by atoms with Crippen LogP contribution in [0.3, 0.4) is 0 Å². The van der Waals surface area contributed by atoms with Crippen molar-refractivity contribution in [2.75, 3.05) is 0 Å². The first-order valence-electron chi connectivity index (χ1n) is 16.9. The average Bonchev–Trinajstić information content (AvgIpc) is 3.74. The molecular formula is C48H31N. The van der Waals surface area contributed by atoms with Crippen LogP contribution in [0.15, 0.2) is 188 Å². The van der Waals surface area contributed by atoms with Gasteiger partial charge in [-0.05, 0) is 96.2 Å². The zero-order valence-corrected chi connectivity index (χ0v) is 26.8. The highest BCUT2D eigenvalue weighted by Crippen LogP contribution is 2.55. The third kappa shape index (κ3) is 4.33. The molecule has 1 aliphatic carbocycles. The number of aromatic nitrogens is 1. The van der Waals surface area contributed by atoms with Gasteiger partial charge in [0.15, 0.2) is 0 Å². The van der Waals surface area contributed by atoms with Crippen LogP contribution in [0.1, 0.15) is 0 Å². The Morgan fingerprint density at radius 1 is 0.327 bits per heavy atom. The van der Waals surface area contributed by atoms with E-state index in [1.807, 2.05) is 0 Å². The highest BCUT2D eigenvalue weighted by Gasteiger charge is 2.28. The molecule has 10 rings (SSSR count). The first-order valence-corrected chi connectivity index (χ1v) is 16.9. The lowest BCUT2D eigenvalue weighted by molar-refractivity contribution is 1.13. The Kier molecular flexibility index (Phi) is 6.25. The first-order chi connectivity index (χ1) is 24.3. The van der Waals surface area contributed by atoms with E-state index in [1.54, 1.807) is 0 Å². The molecule has 0 saturated heterocycles. The van der Waals surface area contributed by atoms with Crippen LogP contribution in [0.25, 0.3) is 94.3 Å². The van der Waals surface area contributed by atoms with Gasteiger partial charge in [-0.1, -0.05) is 164 Å². The van der Waals surface area contributed by atoms with E-state index >= 15 is 0 Å². The summed E-state index contributed by atoms with van der Waals surface area (Å²) in [6, 6.07) is 68.5. The predicted molar refractivity (Wildman–Crippen MR) is 207 cm³/mol. The fraction of sp³-hybridized carbons (Fsp3) is 0. The molecule has 0 fully saturated rings. The SMILES string of the molecule is c1ccc(-c2ccc(-c3ccccc3)c3c2-c2cccc4c(-c5ccc(-c6cc7ccccc7n6-c6ccccc6)cc5)ccc-3c24)cc1. The molecule has 1 heteroatoms. The van der Waals surface area contributed by atoms with E-state index < -0.39 is 0 Å². The molecule has 0 bridgehead atoms. The molecule has 0 unspecified atom stereocenters. The predicted octanol–water partition coefficient (Wildman–Crippen LogP) is 13.1. The molecule has 1 aromatic heterocycles. The first kappa shape index (κ1) is 27.7. The second kappa shape index (κ2) is 11.1. The molecule has 0 N–H and O–H groups in total. The monoisotopic (exact) mass is 621 g/mol.